The molecule has 5 heteroatoms. The van der Waals surface area contributed by atoms with E-state index in [2.05, 4.69) is 4.74 Å². The first kappa shape index (κ1) is 12.7. The van der Waals surface area contributed by atoms with Crippen molar-refractivity contribution >= 4 is 17.7 Å². The zero-order valence-electron chi connectivity index (χ0n) is 7.73. The summed E-state index contributed by atoms with van der Waals surface area (Å²) < 4.78 is 4.66. The zero-order valence-corrected chi connectivity index (χ0v) is 8.55. The molecule has 0 aliphatic rings. The Balaban J connectivity index is 3.38. The van der Waals surface area contributed by atoms with Gasteiger partial charge in [0.25, 0.3) is 0 Å². The molecule has 0 saturated heterocycles. The fourth-order valence-electron chi connectivity index (χ4n) is 0.755. The molecule has 2 N–H and O–H groups in total. The fraction of sp³-hybridized carbons (Fsp3) is 0.875. The predicted molar refractivity (Wildman–Crippen MR) is 51.7 cm³/mol. The highest BCUT2D eigenvalue weighted by atomic mass is 32.2. The van der Waals surface area contributed by atoms with Crippen LogP contribution in [0.3, 0.4) is 0 Å². The van der Waals surface area contributed by atoms with Crippen LogP contribution in [0.1, 0.15) is 13.3 Å². The lowest BCUT2D eigenvalue weighted by Gasteiger charge is -2.08. The van der Waals surface area contributed by atoms with Gasteiger partial charge in [-0.1, -0.05) is 0 Å². The van der Waals surface area contributed by atoms with Crippen LogP contribution >= 0.6 is 11.8 Å². The number of aliphatic hydroxyl groups is 2. The summed E-state index contributed by atoms with van der Waals surface area (Å²) in [6, 6.07) is 0. The van der Waals surface area contributed by atoms with Gasteiger partial charge in [-0.3, -0.25) is 4.79 Å². The first-order chi connectivity index (χ1) is 6.20. The summed E-state index contributed by atoms with van der Waals surface area (Å²) in [4.78, 5) is 10.8. The molecule has 0 amide bonds. The lowest BCUT2D eigenvalue weighted by atomic mass is 10.3. The average molecular weight is 208 g/mol. The van der Waals surface area contributed by atoms with E-state index in [-0.39, 0.29) is 19.0 Å². The van der Waals surface area contributed by atoms with Crippen LogP contribution in [0.15, 0.2) is 0 Å². The van der Waals surface area contributed by atoms with E-state index in [1.165, 1.54) is 11.8 Å². The van der Waals surface area contributed by atoms with E-state index >= 15 is 0 Å². The SMILES string of the molecule is CCOC(=O)CC(O)CSCCO. The number of aliphatic hydroxyl groups excluding tert-OH is 2. The number of ether oxygens (including phenoxy) is 1. The Morgan fingerprint density at radius 1 is 1.62 bits per heavy atom. The van der Waals surface area contributed by atoms with Crippen molar-refractivity contribution in [3.05, 3.63) is 0 Å². The van der Waals surface area contributed by atoms with E-state index in [0.29, 0.717) is 18.1 Å². The van der Waals surface area contributed by atoms with Crippen LogP contribution in [0, 0.1) is 0 Å². The maximum atomic E-state index is 10.8. The van der Waals surface area contributed by atoms with Crippen LogP contribution in [0.5, 0.6) is 0 Å². The van der Waals surface area contributed by atoms with Gasteiger partial charge in [-0.25, -0.2) is 0 Å². The quantitative estimate of drug-likeness (QED) is 0.456. The molecule has 13 heavy (non-hydrogen) atoms. The first-order valence-corrected chi connectivity index (χ1v) is 5.38. The Bertz CT molecular complexity index is 140. The van der Waals surface area contributed by atoms with Gasteiger partial charge in [-0.05, 0) is 6.92 Å². The van der Waals surface area contributed by atoms with Crippen molar-refractivity contribution in [2.75, 3.05) is 24.7 Å². The van der Waals surface area contributed by atoms with Crippen molar-refractivity contribution in [1.82, 2.24) is 0 Å². The summed E-state index contributed by atoms with van der Waals surface area (Å²) in [7, 11) is 0. The number of carbonyl (C=O) groups is 1. The minimum absolute atomic E-state index is 0.0340. The van der Waals surface area contributed by atoms with Gasteiger partial charge in [0, 0.05) is 11.5 Å². The lowest BCUT2D eigenvalue weighted by molar-refractivity contribution is -0.144. The first-order valence-electron chi connectivity index (χ1n) is 4.23. The minimum Gasteiger partial charge on any atom is -0.466 e. The molecule has 1 atom stereocenters. The summed E-state index contributed by atoms with van der Waals surface area (Å²) in [5, 5.41) is 17.7. The summed E-state index contributed by atoms with van der Waals surface area (Å²) in [6.07, 6.45) is -0.637. The van der Waals surface area contributed by atoms with Crippen molar-refractivity contribution in [2.45, 2.75) is 19.4 Å². The third-order valence-electron chi connectivity index (χ3n) is 1.25. The van der Waals surface area contributed by atoms with Gasteiger partial charge in [0.05, 0.1) is 25.7 Å². The lowest BCUT2D eigenvalue weighted by Crippen LogP contribution is -2.18. The van der Waals surface area contributed by atoms with Crippen LogP contribution in [-0.4, -0.2) is 47.0 Å². The minimum atomic E-state index is -0.671. The predicted octanol–water partition coefficient (Wildman–Crippen LogP) is 0.0260. The van der Waals surface area contributed by atoms with E-state index in [1.807, 2.05) is 0 Å². The molecule has 4 nitrogen and oxygen atoms in total. The average Bonchev–Trinajstić information content (AvgIpc) is 2.05. The standard InChI is InChI=1S/C8H16O4S/c1-2-12-8(11)5-7(10)6-13-4-3-9/h7,9-10H,2-6H2,1H3. The maximum Gasteiger partial charge on any atom is 0.308 e. The van der Waals surface area contributed by atoms with Gasteiger partial charge < -0.3 is 14.9 Å². The summed E-state index contributed by atoms with van der Waals surface area (Å²) in [5.41, 5.74) is 0. The second-order valence-electron chi connectivity index (χ2n) is 2.46. The number of carbonyl (C=O) groups excluding carboxylic acids is 1. The monoisotopic (exact) mass is 208 g/mol. The van der Waals surface area contributed by atoms with E-state index in [9.17, 15) is 9.90 Å². The van der Waals surface area contributed by atoms with Gasteiger partial charge in [-0.15, -0.1) is 0 Å². The number of thioether (sulfide) groups is 1. The van der Waals surface area contributed by atoms with E-state index in [0.717, 1.165) is 0 Å². The molecule has 0 aromatic heterocycles. The third kappa shape index (κ3) is 8.08. The molecule has 0 aliphatic carbocycles. The largest absolute Gasteiger partial charge is 0.466 e. The smallest absolute Gasteiger partial charge is 0.308 e. The topological polar surface area (TPSA) is 66.8 Å². The van der Waals surface area contributed by atoms with Gasteiger partial charge in [-0.2, -0.15) is 11.8 Å². The highest BCUT2D eigenvalue weighted by Crippen LogP contribution is 2.05. The molecule has 0 heterocycles. The van der Waals surface area contributed by atoms with Gasteiger partial charge in [0.15, 0.2) is 0 Å². The highest BCUT2D eigenvalue weighted by Gasteiger charge is 2.10. The highest BCUT2D eigenvalue weighted by molar-refractivity contribution is 7.99. The van der Waals surface area contributed by atoms with Crippen LogP contribution < -0.4 is 0 Å². The maximum absolute atomic E-state index is 10.8. The molecule has 0 aliphatic heterocycles. The van der Waals surface area contributed by atoms with Gasteiger partial charge >= 0.3 is 5.97 Å². The second-order valence-corrected chi connectivity index (χ2v) is 3.61. The molecular weight excluding hydrogens is 192 g/mol. The molecule has 0 fully saturated rings. The van der Waals surface area contributed by atoms with E-state index < -0.39 is 6.10 Å². The Kier molecular flexibility index (Phi) is 8.18. The van der Waals surface area contributed by atoms with Crippen molar-refractivity contribution in [2.24, 2.45) is 0 Å². The molecular formula is C8H16O4S. The van der Waals surface area contributed by atoms with Crippen LogP contribution in [0.25, 0.3) is 0 Å². The number of hydrogen-bond acceptors (Lipinski definition) is 5. The Morgan fingerprint density at radius 2 is 2.31 bits per heavy atom. The Hall–Kier alpha value is -0.260. The summed E-state index contributed by atoms with van der Waals surface area (Å²) >= 11 is 1.41. The van der Waals surface area contributed by atoms with Crippen molar-refractivity contribution < 1.29 is 19.7 Å². The second kappa shape index (κ2) is 8.34. The van der Waals surface area contributed by atoms with Gasteiger partial charge in [0.2, 0.25) is 0 Å². The third-order valence-corrected chi connectivity index (χ3v) is 2.35. The Labute approximate surface area is 82.3 Å². The molecule has 78 valence electrons. The molecule has 0 spiro atoms. The van der Waals surface area contributed by atoms with E-state index in [4.69, 9.17) is 5.11 Å². The molecule has 0 aromatic carbocycles. The number of esters is 1. The Morgan fingerprint density at radius 3 is 2.85 bits per heavy atom. The fourth-order valence-corrected chi connectivity index (χ4v) is 1.44. The van der Waals surface area contributed by atoms with E-state index in [1.54, 1.807) is 6.92 Å². The van der Waals surface area contributed by atoms with Gasteiger partial charge in [0.1, 0.15) is 0 Å². The number of hydrogen-bond donors (Lipinski definition) is 2. The molecule has 0 bridgehead atoms. The molecule has 1 unspecified atom stereocenters. The zero-order chi connectivity index (χ0) is 10.1. The van der Waals surface area contributed by atoms with Crippen LogP contribution in [0.4, 0.5) is 0 Å². The van der Waals surface area contributed by atoms with Crippen molar-refractivity contribution in [3.8, 4) is 0 Å². The summed E-state index contributed by atoms with van der Waals surface area (Å²) in [6.45, 7) is 2.16. The molecule has 0 saturated carbocycles. The molecule has 0 aromatic rings. The van der Waals surface area contributed by atoms with Crippen LogP contribution in [0.2, 0.25) is 0 Å². The molecule has 0 radical (unpaired) electrons. The van der Waals surface area contributed by atoms with Crippen molar-refractivity contribution in [1.29, 1.82) is 0 Å². The number of rotatable bonds is 7. The summed E-state index contributed by atoms with van der Waals surface area (Å²) in [5.74, 6) is 0.666. The van der Waals surface area contributed by atoms with Crippen LogP contribution in [-0.2, 0) is 9.53 Å². The molecule has 0 rings (SSSR count). The normalized spacial score (nSPS) is 12.5. The van der Waals surface area contributed by atoms with Crippen molar-refractivity contribution in [3.63, 3.8) is 0 Å².